The molecule has 1 aromatic rings. The zero-order valence-electron chi connectivity index (χ0n) is 10.9. The van der Waals surface area contributed by atoms with Crippen LogP contribution in [-0.2, 0) is 6.54 Å². The summed E-state index contributed by atoms with van der Waals surface area (Å²) in [5, 5.41) is 3.28. The number of hydrogen-bond acceptors (Lipinski definition) is 3. The second-order valence-electron chi connectivity index (χ2n) is 5.09. The van der Waals surface area contributed by atoms with Gasteiger partial charge in [0.15, 0.2) is 0 Å². The Balaban J connectivity index is 1.79. The smallest absolute Gasteiger partial charge is 0.0372 e. The summed E-state index contributed by atoms with van der Waals surface area (Å²) in [6, 6.07) is 4.30. The van der Waals surface area contributed by atoms with E-state index in [0.717, 1.165) is 18.2 Å². The van der Waals surface area contributed by atoms with Crippen molar-refractivity contribution in [1.29, 1.82) is 0 Å². The monoisotopic (exact) mass is 233 g/mol. The average Bonchev–Trinajstić information content (AvgIpc) is 2.35. The first-order valence-electron chi connectivity index (χ1n) is 6.56. The second kappa shape index (κ2) is 6.12. The van der Waals surface area contributed by atoms with Gasteiger partial charge in [-0.25, -0.2) is 0 Å². The summed E-state index contributed by atoms with van der Waals surface area (Å²) in [4.78, 5) is 6.89. The highest BCUT2D eigenvalue weighted by Crippen LogP contribution is 2.18. The van der Waals surface area contributed by atoms with E-state index in [9.17, 15) is 0 Å². The standard InChI is InChI=1S/C14H23N3/c1-12-3-4-14(10-16-12)11-17-7-5-13(6-8-17)9-15-2/h3-4,10,13,15H,5-9,11H2,1-2H3. The summed E-state index contributed by atoms with van der Waals surface area (Å²) in [6.07, 6.45) is 4.65. The van der Waals surface area contributed by atoms with Crippen molar-refractivity contribution in [2.45, 2.75) is 26.3 Å². The fraction of sp³-hybridized carbons (Fsp3) is 0.643. The number of piperidine rings is 1. The molecule has 1 aromatic heterocycles. The van der Waals surface area contributed by atoms with Crippen molar-refractivity contribution in [3.05, 3.63) is 29.6 Å². The molecule has 1 fully saturated rings. The highest BCUT2D eigenvalue weighted by atomic mass is 15.1. The third-order valence-electron chi connectivity index (χ3n) is 3.58. The molecular weight excluding hydrogens is 210 g/mol. The number of nitrogens with one attached hydrogen (secondary N) is 1. The minimum absolute atomic E-state index is 0.868. The van der Waals surface area contributed by atoms with E-state index in [1.807, 2.05) is 20.2 Å². The summed E-state index contributed by atoms with van der Waals surface area (Å²) >= 11 is 0. The Labute approximate surface area is 104 Å². The van der Waals surface area contributed by atoms with Crippen molar-refractivity contribution in [3.8, 4) is 0 Å². The van der Waals surface area contributed by atoms with Crippen molar-refractivity contribution in [1.82, 2.24) is 15.2 Å². The molecule has 0 spiro atoms. The van der Waals surface area contributed by atoms with Crippen molar-refractivity contribution in [2.75, 3.05) is 26.7 Å². The summed E-state index contributed by atoms with van der Waals surface area (Å²) in [7, 11) is 2.05. The van der Waals surface area contributed by atoms with Crippen LogP contribution >= 0.6 is 0 Å². The highest BCUT2D eigenvalue weighted by Gasteiger charge is 2.18. The van der Waals surface area contributed by atoms with Gasteiger partial charge in [0.2, 0.25) is 0 Å². The SMILES string of the molecule is CNCC1CCN(Cc2ccc(C)nc2)CC1. The number of nitrogens with zero attached hydrogens (tertiary/aromatic N) is 2. The Morgan fingerprint density at radius 3 is 2.71 bits per heavy atom. The molecule has 1 aliphatic heterocycles. The van der Waals surface area contributed by atoms with Gasteiger partial charge in [0.1, 0.15) is 0 Å². The molecule has 0 saturated carbocycles. The van der Waals surface area contributed by atoms with Gasteiger partial charge in [-0.05, 0) is 64.0 Å². The molecule has 3 nitrogen and oxygen atoms in total. The molecule has 2 heterocycles. The lowest BCUT2D eigenvalue weighted by molar-refractivity contribution is 0.176. The van der Waals surface area contributed by atoms with Crippen LogP contribution in [0.4, 0.5) is 0 Å². The van der Waals surface area contributed by atoms with E-state index in [0.29, 0.717) is 0 Å². The Hall–Kier alpha value is -0.930. The van der Waals surface area contributed by atoms with Crippen LogP contribution in [0.25, 0.3) is 0 Å². The molecule has 1 aliphatic rings. The fourth-order valence-corrected chi connectivity index (χ4v) is 2.49. The molecule has 0 unspecified atom stereocenters. The van der Waals surface area contributed by atoms with E-state index in [1.54, 1.807) is 0 Å². The molecule has 3 heteroatoms. The van der Waals surface area contributed by atoms with Crippen LogP contribution in [-0.4, -0.2) is 36.6 Å². The Kier molecular flexibility index (Phi) is 4.51. The highest BCUT2D eigenvalue weighted by molar-refractivity contribution is 5.13. The maximum absolute atomic E-state index is 4.35. The van der Waals surface area contributed by atoms with Crippen LogP contribution < -0.4 is 5.32 Å². The Morgan fingerprint density at radius 2 is 2.12 bits per heavy atom. The second-order valence-corrected chi connectivity index (χ2v) is 5.09. The molecule has 0 aliphatic carbocycles. The molecule has 0 aromatic carbocycles. The van der Waals surface area contributed by atoms with Gasteiger partial charge in [0.25, 0.3) is 0 Å². The first-order chi connectivity index (χ1) is 8.28. The van der Waals surface area contributed by atoms with E-state index < -0.39 is 0 Å². The maximum Gasteiger partial charge on any atom is 0.0372 e. The van der Waals surface area contributed by atoms with Gasteiger partial charge < -0.3 is 5.32 Å². The lowest BCUT2D eigenvalue weighted by Crippen LogP contribution is -2.36. The van der Waals surface area contributed by atoms with Crippen molar-refractivity contribution >= 4 is 0 Å². The Morgan fingerprint density at radius 1 is 1.35 bits per heavy atom. The summed E-state index contributed by atoms with van der Waals surface area (Å²) in [5.74, 6) is 0.868. The van der Waals surface area contributed by atoms with Crippen LogP contribution in [0.15, 0.2) is 18.3 Å². The van der Waals surface area contributed by atoms with Gasteiger partial charge in [0, 0.05) is 18.4 Å². The van der Waals surface area contributed by atoms with E-state index in [1.165, 1.54) is 38.0 Å². The van der Waals surface area contributed by atoms with Crippen molar-refractivity contribution in [3.63, 3.8) is 0 Å². The molecule has 1 N–H and O–H groups in total. The third-order valence-corrected chi connectivity index (χ3v) is 3.58. The topological polar surface area (TPSA) is 28.2 Å². The molecule has 2 rings (SSSR count). The molecular formula is C14H23N3. The molecule has 0 radical (unpaired) electrons. The number of hydrogen-bond donors (Lipinski definition) is 1. The zero-order valence-corrected chi connectivity index (χ0v) is 10.9. The van der Waals surface area contributed by atoms with E-state index >= 15 is 0 Å². The van der Waals surface area contributed by atoms with Crippen LogP contribution in [0.2, 0.25) is 0 Å². The summed E-state index contributed by atoms with van der Waals surface area (Å²) < 4.78 is 0. The number of aromatic nitrogens is 1. The predicted octanol–water partition coefficient (Wildman–Crippen LogP) is 1.82. The summed E-state index contributed by atoms with van der Waals surface area (Å²) in [5.41, 5.74) is 2.43. The number of rotatable bonds is 4. The molecule has 94 valence electrons. The van der Waals surface area contributed by atoms with Gasteiger partial charge >= 0.3 is 0 Å². The van der Waals surface area contributed by atoms with Gasteiger partial charge in [-0.15, -0.1) is 0 Å². The normalized spacial score (nSPS) is 18.5. The van der Waals surface area contributed by atoms with E-state index in [4.69, 9.17) is 0 Å². The van der Waals surface area contributed by atoms with Crippen LogP contribution in [0.1, 0.15) is 24.1 Å². The van der Waals surface area contributed by atoms with Crippen molar-refractivity contribution in [2.24, 2.45) is 5.92 Å². The minimum atomic E-state index is 0.868. The quantitative estimate of drug-likeness (QED) is 0.860. The predicted molar refractivity (Wildman–Crippen MR) is 70.9 cm³/mol. The lowest BCUT2D eigenvalue weighted by Gasteiger charge is -2.31. The first kappa shape index (κ1) is 12.5. The van der Waals surface area contributed by atoms with Crippen LogP contribution in [0.3, 0.4) is 0 Å². The van der Waals surface area contributed by atoms with E-state index in [2.05, 4.69) is 27.3 Å². The molecule has 0 bridgehead atoms. The molecule has 17 heavy (non-hydrogen) atoms. The first-order valence-corrected chi connectivity index (χ1v) is 6.56. The molecule has 0 amide bonds. The average molecular weight is 233 g/mol. The van der Waals surface area contributed by atoms with Crippen LogP contribution in [0, 0.1) is 12.8 Å². The number of aryl methyl sites for hydroxylation is 1. The van der Waals surface area contributed by atoms with Gasteiger partial charge in [-0.3, -0.25) is 9.88 Å². The Bertz CT molecular complexity index is 326. The van der Waals surface area contributed by atoms with Crippen LogP contribution in [0.5, 0.6) is 0 Å². The molecule has 1 saturated heterocycles. The number of likely N-dealkylation sites (tertiary alicyclic amines) is 1. The number of pyridine rings is 1. The summed E-state index contributed by atoms with van der Waals surface area (Å²) in [6.45, 7) is 6.70. The third kappa shape index (κ3) is 3.79. The van der Waals surface area contributed by atoms with Gasteiger partial charge in [-0.1, -0.05) is 6.07 Å². The van der Waals surface area contributed by atoms with Gasteiger partial charge in [0.05, 0.1) is 0 Å². The largest absolute Gasteiger partial charge is 0.319 e. The lowest BCUT2D eigenvalue weighted by atomic mass is 9.96. The minimum Gasteiger partial charge on any atom is -0.319 e. The van der Waals surface area contributed by atoms with Gasteiger partial charge in [-0.2, -0.15) is 0 Å². The molecule has 0 atom stereocenters. The zero-order chi connectivity index (χ0) is 12.1. The fourth-order valence-electron chi connectivity index (χ4n) is 2.49. The maximum atomic E-state index is 4.35. The van der Waals surface area contributed by atoms with E-state index in [-0.39, 0.29) is 0 Å². The van der Waals surface area contributed by atoms with Crippen molar-refractivity contribution < 1.29 is 0 Å².